The lowest BCUT2D eigenvalue weighted by molar-refractivity contribution is 0.423. The number of nitrogens with one attached hydrogen (secondary N) is 1. The summed E-state index contributed by atoms with van der Waals surface area (Å²) in [5.41, 5.74) is 2.22. The lowest BCUT2D eigenvalue weighted by Crippen LogP contribution is -2.43. The zero-order valence-electron chi connectivity index (χ0n) is 13.3. The molecule has 2 aromatic rings. The fourth-order valence-electron chi connectivity index (χ4n) is 2.96. The summed E-state index contributed by atoms with van der Waals surface area (Å²) in [6.07, 6.45) is 2.46. The molecule has 126 valence electrons. The fourth-order valence-corrected chi connectivity index (χ4v) is 4.35. The SMILES string of the molecule is O=S1N(CCNC2CC2)Cc2ccccc2N1c1ccccc1F. The molecular weight excluding hydrogens is 325 g/mol. The highest BCUT2D eigenvalue weighted by molar-refractivity contribution is 7.84. The van der Waals surface area contributed by atoms with Gasteiger partial charge in [0, 0.05) is 25.7 Å². The zero-order chi connectivity index (χ0) is 16.5. The average molecular weight is 345 g/mol. The topological polar surface area (TPSA) is 35.6 Å². The van der Waals surface area contributed by atoms with Gasteiger partial charge in [-0.3, -0.25) is 0 Å². The van der Waals surface area contributed by atoms with Crippen molar-refractivity contribution in [2.45, 2.75) is 25.4 Å². The van der Waals surface area contributed by atoms with Gasteiger partial charge in [-0.05, 0) is 36.6 Å². The smallest absolute Gasteiger partial charge is 0.204 e. The molecule has 24 heavy (non-hydrogen) atoms. The van der Waals surface area contributed by atoms with Crippen LogP contribution in [0.4, 0.5) is 15.8 Å². The van der Waals surface area contributed by atoms with Crippen LogP contribution in [0.1, 0.15) is 18.4 Å². The lowest BCUT2D eigenvalue weighted by atomic mass is 10.1. The first kappa shape index (κ1) is 15.7. The molecule has 1 unspecified atom stereocenters. The number of hydrogen-bond acceptors (Lipinski definition) is 2. The number of para-hydroxylation sites is 2. The van der Waals surface area contributed by atoms with Crippen LogP contribution in [-0.4, -0.2) is 27.6 Å². The molecule has 0 spiro atoms. The molecule has 1 N–H and O–H groups in total. The fraction of sp³-hybridized carbons (Fsp3) is 0.333. The molecule has 2 aromatic carbocycles. The summed E-state index contributed by atoms with van der Waals surface area (Å²) in [7, 11) is 0. The minimum atomic E-state index is -1.45. The molecule has 4 nitrogen and oxygen atoms in total. The van der Waals surface area contributed by atoms with E-state index in [9.17, 15) is 8.60 Å². The average Bonchev–Trinajstić information content (AvgIpc) is 3.41. The third kappa shape index (κ3) is 3.09. The molecule has 0 radical (unpaired) electrons. The van der Waals surface area contributed by atoms with Gasteiger partial charge < -0.3 is 5.32 Å². The standard InChI is InChI=1S/C18H20FN3OS/c19-16-6-2-4-8-18(16)22-17-7-3-1-5-14(17)13-21(24(22)23)12-11-20-15-9-10-15/h1-8,15,20H,9-13H2. The number of hydrogen-bond donors (Lipinski definition) is 1. The normalized spacial score (nSPS) is 20.9. The maximum Gasteiger partial charge on any atom is 0.204 e. The van der Waals surface area contributed by atoms with Gasteiger partial charge >= 0.3 is 0 Å². The van der Waals surface area contributed by atoms with Crippen LogP contribution >= 0.6 is 0 Å². The van der Waals surface area contributed by atoms with Gasteiger partial charge in [0.15, 0.2) is 0 Å². The summed E-state index contributed by atoms with van der Waals surface area (Å²) in [4.78, 5) is 0. The molecule has 1 fully saturated rings. The van der Waals surface area contributed by atoms with E-state index in [1.165, 1.54) is 18.9 Å². The Kier molecular flexibility index (Phi) is 4.35. The molecule has 0 aromatic heterocycles. The third-order valence-electron chi connectivity index (χ3n) is 4.38. The Morgan fingerprint density at radius 2 is 1.79 bits per heavy atom. The number of anilines is 2. The van der Waals surface area contributed by atoms with Gasteiger partial charge in [0.2, 0.25) is 11.2 Å². The second-order valence-electron chi connectivity index (χ2n) is 6.20. The van der Waals surface area contributed by atoms with E-state index < -0.39 is 11.2 Å². The van der Waals surface area contributed by atoms with Crippen molar-refractivity contribution in [3.8, 4) is 0 Å². The Morgan fingerprint density at radius 3 is 2.54 bits per heavy atom. The molecule has 0 amide bonds. The van der Waals surface area contributed by atoms with Crippen LogP contribution in [0.2, 0.25) is 0 Å². The van der Waals surface area contributed by atoms with E-state index in [4.69, 9.17) is 0 Å². The van der Waals surface area contributed by atoms with Crippen molar-refractivity contribution in [3.63, 3.8) is 0 Å². The van der Waals surface area contributed by atoms with Crippen LogP contribution in [0.15, 0.2) is 48.5 Å². The zero-order valence-corrected chi connectivity index (χ0v) is 14.1. The first-order valence-electron chi connectivity index (χ1n) is 8.27. The molecule has 0 saturated heterocycles. The van der Waals surface area contributed by atoms with Crippen LogP contribution in [-0.2, 0) is 17.7 Å². The van der Waals surface area contributed by atoms with Crippen molar-refractivity contribution in [2.24, 2.45) is 0 Å². The van der Waals surface area contributed by atoms with E-state index in [0.717, 1.165) is 17.8 Å². The maximum absolute atomic E-state index is 14.3. The molecule has 1 heterocycles. The van der Waals surface area contributed by atoms with Gasteiger partial charge in [-0.15, -0.1) is 0 Å². The quantitative estimate of drug-likeness (QED) is 0.904. The van der Waals surface area contributed by atoms with E-state index in [0.29, 0.717) is 24.8 Å². The van der Waals surface area contributed by atoms with Gasteiger partial charge in [0.05, 0.1) is 11.4 Å². The van der Waals surface area contributed by atoms with E-state index in [2.05, 4.69) is 5.32 Å². The molecule has 2 aliphatic rings. The van der Waals surface area contributed by atoms with Crippen molar-refractivity contribution < 1.29 is 8.60 Å². The Balaban J connectivity index is 1.65. The van der Waals surface area contributed by atoms with Crippen LogP contribution in [0.3, 0.4) is 0 Å². The molecule has 1 aliphatic heterocycles. The van der Waals surface area contributed by atoms with Crippen molar-refractivity contribution in [1.29, 1.82) is 0 Å². The predicted octanol–water partition coefficient (Wildman–Crippen LogP) is 3.11. The van der Waals surface area contributed by atoms with Crippen molar-refractivity contribution in [1.82, 2.24) is 9.62 Å². The number of fused-ring (bicyclic) bond motifs is 1. The van der Waals surface area contributed by atoms with Crippen molar-refractivity contribution >= 4 is 22.5 Å². The van der Waals surface area contributed by atoms with Gasteiger partial charge in [-0.25, -0.2) is 17.2 Å². The molecule has 1 saturated carbocycles. The minimum absolute atomic E-state index is 0.350. The molecular formula is C18H20FN3OS. The van der Waals surface area contributed by atoms with Crippen molar-refractivity contribution in [2.75, 3.05) is 17.4 Å². The van der Waals surface area contributed by atoms with Gasteiger partial charge in [0.25, 0.3) is 0 Å². The van der Waals surface area contributed by atoms with E-state index in [-0.39, 0.29) is 5.82 Å². The van der Waals surface area contributed by atoms with Crippen LogP contribution in [0, 0.1) is 5.82 Å². The van der Waals surface area contributed by atoms with E-state index in [1.807, 2.05) is 28.6 Å². The molecule has 0 bridgehead atoms. The molecule has 1 atom stereocenters. The highest BCUT2D eigenvalue weighted by atomic mass is 32.2. The minimum Gasteiger partial charge on any atom is -0.313 e. The summed E-state index contributed by atoms with van der Waals surface area (Å²) in [5.74, 6) is -0.362. The second kappa shape index (κ2) is 6.63. The highest BCUT2D eigenvalue weighted by Gasteiger charge is 2.32. The second-order valence-corrected chi connectivity index (χ2v) is 7.54. The number of benzene rings is 2. The van der Waals surface area contributed by atoms with Crippen LogP contribution < -0.4 is 9.62 Å². The Labute approximate surface area is 144 Å². The maximum atomic E-state index is 14.3. The lowest BCUT2D eigenvalue weighted by Gasteiger charge is -2.36. The van der Waals surface area contributed by atoms with Crippen molar-refractivity contribution in [3.05, 3.63) is 59.9 Å². The molecule has 6 heteroatoms. The number of rotatable bonds is 5. The summed E-state index contributed by atoms with van der Waals surface area (Å²) in [6, 6.07) is 14.9. The van der Waals surface area contributed by atoms with Crippen LogP contribution in [0.25, 0.3) is 0 Å². The van der Waals surface area contributed by atoms with Gasteiger partial charge in [0.1, 0.15) is 5.82 Å². The number of nitrogens with zero attached hydrogens (tertiary/aromatic N) is 2. The largest absolute Gasteiger partial charge is 0.313 e. The summed E-state index contributed by atoms with van der Waals surface area (Å²) in [6.45, 7) is 2.08. The van der Waals surface area contributed by atoms with Gasteiger partial charge in [-0.1, -0.05) is 30.3 Å². The highest BCUT2D eigenvalue weighted by Crippen LogP contribution is 2.37. The molecule has 4 rings (SSSR count). The Bertz CT molecular complexity index is 765. The summed E-state index contributed by atoms with van der Waals surface area (Å²) < 4.78 is 30.9. The summed E-state index contributed by atoms with van der Waals surface area (Å²) >= 11 is -1.45. The van der Waals surface area contributed by atoms with E-state index >= 15 is 0 Å². The van der Waals surface area contributed by atoms with Gasteiger partial charge in [-0.2, -0.15) is 0 Å². The first-order valence-corrected chi connectivity index (χ1v) is 9.33. The Hall–Kier alpha value is -1.76. The molecule has 1 aliphatic carbocycles. The summed E-state index contributed by atoms with van der Waals surface area (Å²) in [5, 5.41) is 3.45. The number of halogens is 1. The third-order valence-corrected chi connectivity index (χ3v) is 5.84. The Morgan fingerprint density at radius 1 is 1.08 bits per heavy atom. The van der Waals surface area contributed by atoms with Crippen LogP contribution in [0.5, 0.6) is 0 Å². The van der Waals surface area contributed by atoms with E-state index in [1.54, 1.807) is 22.5 Å². The first-order chi connectivity index (χ1) is 11.7. The predicted molar refractivity (Wildman–Crippen MR) is 94.6 cm³/mol. The monoisotopic (exact) mass is 345 g/mol.